The second kappa shape index (κ2) is 11.2. The molecule has 2 fully saturated rings. The van der Waals surface area contributed by atoms with Gasteiger partial charge in [0.1, 0.15) is 26.0 Å². The number of aromatic nitrogens is 2. The zero-order valence-corrected chi connectivity index (χ0v) is 21.3. The first-order chi connectivity index (χ1) is 17.3. The molecule has 0 radical (unpaired) electrons. The highest BCUT2D eigenvalue weighted by atomic mass is 32.1. The summed E-state index contributed by atoms with van der Waals surface area (Å²) in [4.78, 5) is 23.7. The second-order valence-electron chi connectivity index (χ2n) is 8.88. The van der Waals surface area contributed by atoms with Crippen LogP contribution in [0.3, 0.4) is 0 Å². The van der Waals surface area contributed by atoms with E-state index in [1.165, 1.54) is 11.3 Å². The minimum Gasteiger partial charge on any atom is -0.397 e. The number of primary amides is 1. The van der Waals surface area contributed by atoms with E-state index in [0.717, 1.165) is 55.5 Å². The van der Waals surface area contributed by atoms with Crippen molar-refractivity contribution in [1.82, 2.24) is 9.97 Å². The molecule has 3 aromatic rings. The second-order valence-corrected chi connectivity index (χ2v) is 10.3. The number of hydrogen-bond acceptors (Lipinski definition) is 10. The van der Waals surface area contributed by atoms with E-state index in [-0.39, 0.29) is 12.2 Å². The Morgan fingerprint density at radius 1 is 1.17 bits per heavy atom. The van der Waals surface area contributed by atoms with Crippen molar-refractivity contribution in [1.29, 1.82) is 5.26 Å². The predicted octanol–water partition coefficient (Wildman–Crippen LogP) is 2.52. The first-order valence-electron chi connectivity index (χ1n) is 11.7. The normalized spacial score (nSPS) is 19.9. The van der Waals surface area contributed by atoms with Crippen molar-refractivity contribution >= 4 is 56.7 Å². The van der Waals surface area contributed by atoms with Gasteiger partial charge in [-0.1, -0.05) is 12.2 Å². The van der Waals surface area contributed by atoms with E-state index in [2.05, 4.69) is 20.9 Å². The van der Waals surface area contributed by atoms with Crippen LogP contribution in [0, 0.1) is 16.0 Å². The lowest BCUT2D eigenvalue weighted by molar-refractivity contribution is 0.100. The number of aromatic amines is 1. The average molecular weight is 528 g/mol. The molecule has 5 heterocycles. The van der Waals surface area contributed by atoms with Crippen molar-refractivity contribution in [3.8, 4) is 6.07 Å². The highest BCUT2D eigenvalue weighted by Crippen LogP contribution is 2.39. The van der Waals surface area contributed by atoms with E-state index >= 15 is 0 Å². The number of nitrogens with zero attached hydrogens (tertiary/aromatic N) is 4. The molecule has 7 N–H and O–H groups in total. The third kappa shape index (κ3) is 5.44. The Kier molecular flexibility index (Phi) is 8.05. The molecule has 0 aliphatic carbocycles. The molecule has 0 spiro atoms. The molecule has 0 bridgehead atoms. The number of anilines is 3. The van der Waals surface area contributed by atoms with E-state index < -0.39 is 5.91 Å². The third-order valence-electron chi connectivity index (χ3n) is 6.36. The number of aliphatic hydroxyl groups excluding tert-OH is 2. The van der Waals surface area contributed by atoms with Crippen LogP contribution in [0.25, 0.3) is 10.2 Å². The molecule has 2 saturated heterocycles. The Morgan fingerprint density at radius 2 is 1.81 bits per heavy atom. The fourth-order valence-corrected chi connectivity index (χ4v) is 5.82. The predicted molar refractivity (Wildman–Crippen MR) is 144 cm³/mol. The molecule has 3 aromatic heterocycles. The fraction of sp³-hybridized carbons (Fsp3) is 0.417. The fourth-order valence-electron chi connectivity index (χ4n) is 4.66. The number of fused-ring (bicyclic) bond motifs is 1. The van der Waals surface area contributed by atoms with Crippen LogP contribution in [0.4, 0.5) is 17.1 Å². The highest BCUT2D eigenvalue weighted by molar-refractivity contribution is 7.71. The first-order valence-corrected chi connectivity index (χ1v) is 13.0. The molecular formula is C24H29N7O3S2. The van der Waals surface area contributed by atoms with Crippen molar-refractivity contribution in [3.63, 3.8) is 0 Å². The number of piperidine rings is 2. The zero-order valence-electron chi connectivity index (χ0n) is 19.7. The summed E-state index contributed by atoms with van der Waals surface area (Å²) in [6.07, 6.45) is 6.31. The number of thiophene rings is 1. The first kappa shape index (κ1) is 25.8. The lowest BCUT2D eigenvalue weighted by atomic mass is 10.1. The number of carbonyl (C=O) groups is 1. The maximum Gasteiger partial charge on any atom is 0.260 e. The largest absolute Gasteiger partial charge is 0.397 e. The molecule has 2 aliphatic rings. The number of nitrogens with one attached hydrogen (secondary N) is 1. The van der Waals surface area contributed by atoms with Gasteiger partial charge in [0.05, 0.1) is 34.7 Å². The van der Waals surface area contributed by atoms with Gasteiger partial charge in [-0.3, -0.25) is 4.79 Å². The number of rotatable bonds is 3. The number of nitrogens with two attached hydrogens (primary N) is 2. The van der Waals surface area contributed by atoms with Gasteiger partial charge in [-0.15, -0.1) is 11.3 Å². The van der Waals surface area contributed by atoms with Crippen LogP contribution in [-0.4, -0.2) is 64.5 Å². The van der Waals surface area contributed by atoms with E-state index in [4.69, 9.17) is 28.9 Å². The average Bonchev–Trinajstić information content (AvgIpc) is 3.21. The minimum absolute atomic E-state index is 0.307. The van der Waals surface area contributed by atoms with Crippen molar-refractivity contribution < 1.29 is 15.0 Å². The number of H-pyrrole nitrogens is 1. The lowest BCUT2D eigenvalue weighted by Gasteiger charge is -2.32. The Labute approximate surface area is 217 Å². The summed E-state index contributed by atoms with van der Waals surface area (Å²) in [7, 11) is 0. The third-order valence-corrected chi connectivity index (χ3v) is 7.81. The molecule has 5 rings (SSSR count). The Bertz CT molecular complexity index is 1350. The molecule has 10 nitrogen and oxygen atoms in total. The van der Waals surface area contributed by atoms with Gasteiger partial charge in [-0.05, 0) is 37.8 Å². The van der Waals surface area contributed by atoms with Gasteiger partial charge in [0.2, 0.25) is 0 Å². The van der Waals surface area contributed by atoms with E-state index in [1.54, 1.807) is 12.4 Å². The monoisotopic (exact) mass is 527 g/mol. The minimum atomic E-state index is -0.532. The Balaban J connectivity index is 0.000000174. The molecule has 2 atom stereocenters. The number of aliphatic hydroxyl groups is 2. The van der Waals surface area contributed by atoms with E-state index in [0.29, 0.717) is 38.7 Å². The number of amides is 1. The summed E-state index contributed by atoms with van der Waals surface area (Å²) >= 11 is 6.28. The van der Waals surface area contributed by atoms with Gasteiger partial charge < -0.3 is 36.5 Å². The van der Waals surface area contributed by atoms with Crippen molar-refractivity contribution in [2.45, 2.75) is 37.9 Å². The molecule has 2 aliphatic heterocycles. The topological polar surface area (TPSA) is 169 Å². The van der Waals surface area contributed by atoms with Crippen molar-refractivity contribution in [2.75, 3.05) is 41.7 Å². The van der Waals surface area contributed by atoms with Crippen LogP contribution in [0.5, 0.6) is 0 Å². The SMILES string of the molecule is N#Cc1c(N2CCCC(O)C2)cc[nH]c1=S.NC(=O)c1sc2nccc(N3CCCC(O)C3)c2c1N. The molecule has 190 valence electrons. The van der Waals surface area contributed by atoms with Crippen molar-refractivity contribution in [3.05, 3.63) is 39.6 Å². The maximum absolute atomic E-state index is 11.4. The smallest absolute Gasteiger partial charge is 0.260 e. The van der Waals surface area contributed by atoms with E-state index in [1.807, 2.05) is 17.0 Å². The summed E-state index contributed by atoms with van der Waals surface area (Å²) in [5.74, 6) is -0.532. The summed E-state index contributed by atoms with van der Waals surface area (Å²) < 4.78 is 0.458. The number of nitrogen functional groups attached to an aromatic ring is 1. The van der Waals surface area contributed by atoms with Crippen LogP contribution in [0.15, 0.2) is 24.5 Å². The lowest BCUT2D eigenvalue weighted by Crippen LogP contribution is -2.38. The maximum atomic E-state index is 11.4. The van der Waals surface area contributed by atoms with Gasteiger partial charge >= 0.3 is 0 Å². The number of hydrogen-bond donors (Lipinski definition) is 5. The van der Waals surface area contributed by atoms with Crippen LogP contribution in [0.1, 0.15) is 40.9 Å². The quantitative estimate of drug-likeness (QED) is 0.321. The van der Waals surface area contributed by atoms with Crippen molar-refractivity contribution in [2.24, 2.45) is 5.73 Å². The molecule has 0 aromatic carbocycles. The van der Waals surface area contributed by atoms with Crippen LogP contribution >= 0.6 is 23.6 Å². The molecule has 1 amide bonds. The summed E-state index contributed by atoms with van der Waals surface area (Å²) in [6.45, 7) is 2.87. The van der Waals surface area contributed by atoms with Gasteiger partial charge in [-0.2, -0.15) is 5.26 Å². The number of pyridine rings is 2. The summed E-state index contributed by atoms with van der Waals surface area (Å²) in [6, 6.07) is 5.83. The van der Waals surface area contributed by atoms with Crippen LogP contribution < -0.4 is 21.3 Å². The van der Waals surface area contributed by atoms with Gasteiger partial charge in [-0.25, -0.2) is 4.98 Å². The van der Waals surface area contributed by atoms with Gasteiger partial charge in [0.15, 0.2) is 0 Å². The number of nitriles is 1. The van der Waals surface area contributed by atoms with Gasteiger partial charge in [0, 0.05) is 38.6 Å². The van der Waals surface area contributed by atoms with E-state index in [9.17, 15) is 15.0 Å². The standard InChI is InChI=1S/C13H16N4O2S.C11H13N3OS/c14-10-9-8(17-5-1-2-7(18)6-17)3-4-16-13(9)20-11(10)12(15)19;12-6-9-10(3-4-13-11(9)16)14-5-1-2-8(15)7-14/h3-4,7,18H,1-2,5-6,14H2,(H2,15,19);3-4,8,15H,1-2,5,7H2,(H,13,16). The zero-order chi connectivity index (χ0) is 25.8. The number of β-amino-alcohol motifs (C(OH)–C–C–N with tert-alkyl or cyclic N) is 2. The molecule has 0 saturated carbocycles. The number of carbonyl (C=O) groups excluding carboxylic acids is 1. The molecule has 12 heteroatoms. The summed E-state index contributed by atoms with van der Waals surface area (Å²) in [5.41, 5.74) is 14.0. The molecule has 2 unspecified atom stereocenters. The van der Waals surface area contributed by atoms with Gasteiger partial charge in [0.25, 0.3) is 5.91 Å². The molecule has 36 heavy (non-hydrogen) atoms. The molecular weight excluding hydrogens is 498 g/mol. The van der Waals surface area contributed by atoms with Crippen LogP contribution in [0.2, 0.25) is 0 Å². The van der Waals surface area contributed by atoms with Crippen LogP contribution in [-0.2, 0) is 0 Å². The Morgan fingerprint density at radius 3 is 2.39 bits per heavy atom. The highest BCUT2D eigenvalue weighted by Gasteiger charge is 2.24. The Hall–Kier alpha value is -3.24. The summed E-state index contributed by atoms with van der Waals surface area (Å²) in [5, 5.41) is 29.3.